The Labute approximate surface area is 119 Å². The van der Waals surface area contributed by atoms with Crippen molar-refractivity contribution in [1.29, 1.82) is 0 Å². The van der Waals surface area contributed by atoms with Crippen molar-refractivity contribution in [3.8, 4) is 0 Å². The number of pyridine rings is 1. The van der Waals surface area contributed by atoms with E-state index in [9.17, 15) is 0 Å². The Morgan fingerprint density at radius 2 is 2.05 bits per heavy atom. The molecule has 0 aromatic carbocycles. The monoisotopic (exact) mass is 275 g/mol. The van der Waals surface area contributed by atoms with E-state index >= 15 is 0 Å². The molecule has 3 nitrogen and oxygen atoms in total. The second-order valence-electron chi connectivity index (χ2n) is 4.89. The molecule has 1 atom stereocenters. The molecule has 2 rings (SSSR count). The van der Waals surface area contributed by atoms with E-state index in [0.29, 0.717) is 6.54 Å². The minimum Gasteiger partial charge on any atom is -0.329 e. The summed E-state index contributed by atoms with van der Waals surface area (Å²) in [6, 6.07) is 10.7. The molecule has 2 N–H and O–H groups in total. The number of aryl methyl sites for hydroxylation is 2. The maximum absolute atomic E-state index is 5.94. The van der Waals surface area contributed by atoms with Gasteiger partial charge < -0.3 is 5.73 Å². The zero-order chi connectivity index (χ0) is 13.8. The molecule has 0 fully saturated rings. The second kappa shape index (κ2) is 6.28. The number of hydrogen-bond donors (Lipinski definition) is 1. The van der Waals surface area contributed by atoms with Crippen LogP contribution < -0.4 is 5.73 Å². The maximum Gasteiger partial charge on any atom is 0.0565 e. The molecule has 1 unspecified atom stereocenters. The highest BCUT2D eigenvalue weighted by Gasteiger charge is 2.17. The van der Waals surface area contributed by atoms with E-state index < -0.39 is 0 Å². The first-order chi connectivity index (χ1) is 9.10. The Morgan fingerprint density at radius 1 is 1.26 bits per heavy atom. The zero-order valence-corrected chi connectivity index (χ0v) is 12.6. The predicted octanol–water partition coefficient (Wildman–Crippen LogP) is 2.89. The van der Waals surface area contributed by atoms with Gasteiger partial charge in [0.25, 0.3) is 0 Å². The van der Waals surface area contributed by atoms with Crippen molar-refractivity contribution in [3.05, 3.63) is 51.5 Å². The lowest BCUT2D eigenvalue weighted by atomic mass is 10.2. The number of hydrogen-bond acceptors (Lipinski definition) is 4. The number of nitrogens with two attached hydrogens (primary N) is 1. The Balaban J connectivity index is 2.11. The van der Waals surface area contributed by atoms with Gasteiger partial charge in [0.15, 0.2) is 0 Å². The quantitative estimate of drug-likeness (QED) is 0.912. The minimum absolute atomic E-state index is 0.265. The summed E-state index contributed by atoms with van der Waals surface area (Å²) in [5.41, 5.74) is 8.09. The molecule has 0 bridgehead atoms. The number of thiophene rings is 1. The molecule has 2 heterocycles. The normalized spacial score (nSPS) is 12.9. The van der Waals surface area contributed by atoms with Gasteiger partial charge in [0.1, 0.15) is 0 Å². The summed E-state index contributed by atoms with van der Waals surface area (Å²) >= 11 is 1.82. The van der Waals surface area contributed by atoms with E-state index in [4.69, 9.17) is 5.73 Å². The molecule has 0 aliphatic carbocycles. The van der Waals surface area contributed by atoms with Crippen molar-refractivity contribution in [2.24, 2.45) is 5.73 Å². The van der Waals surface area contributed by atoms with Gasteiger partial charge in [0.05, 0.1) is 11.7 Å². The number of nitrogens with zero attached hydrogens (tertiary/aromatic N) is 2. The number of likely N-dealkylation sites (N-methyl/N-ethyl adjacent to an activating group) is 1. The first kappa shape index (κ1) is 14.2. The summed E-state index contributed by atoms with van der Waals surface area (Å²) in [5, 5.41) is 0. The van der Waals surface area contributed by atoms with Gasteiger partial charge in [-0.3, -0.25) is 9.88 Å². The van der Waals surface area contributed by atoms with Crippen LogP contribution >= 0.6 is 11.3 Å². The predicted molar refractivity (Wildman–Crippen MR) is 81.3 cm³/mol. The SMILES string of the molecule is Cc1cccc(CN(C)C(CN)c2ccc(C)s2)n1. The fraction of sp³-hybridized carbons (Fsp3) is 0.400. The van der Waals surface area contributed by atoms with Crippen LogP contribution in [-0.2, 0) is 6.54 Å². The molecule has 102 valence electrons. The lowest BCUT2D eigenvalue weighted by Gasteiger charge is -2.25. The molecule has 0 aliphatic rings. The third-order valence-electron chi connectivity index (χ3n) is 3.20. The average molecular weight is 275 g/mol. The van der Waals surface area contributed by atoms with Gasteiger partial charge in [-0.25, -0.2) is 0 Å². The average Bonchev–Trinajstić information content (AvgIpc) is 2.76. The van der Waals surface area contributed by atoms with E-state index in [-0.39, 0.29) is 6.04 Å². The van der Waals surface area contributed by atoms with Crippen LogP contribution in [0.4, 0.5) is 0 Å². The van der Waals surface area contributed by atoms with Crippen molar-refractivity contribution < 1.29 is 0 Å². The van der Waals surface area contributed by atoms with Crippen molar-refractivity contribution >= 4 is 11.3 Å². The molecular formula is C15H21N3S. The lowest BCUT2D eigenvalue weighted by molar-refractivity contribution is 0.242. The van der Waals surface area contributed by atoms with E-state index in [1.165, 1.54) is 9.75 Å². The third-order valence-corrected chi connectivity index (χ3v) is 4.30. The largest absolute Gasteiger partial charge is 0.329 e. The van der Waals surface area contributed by atoms with Crippen molar-refractivity contribution in [2.45, 2.75) is 26.4 Å². The third kappa shape index (κ3) is 3.62. The summed E-state index contributed by atoms with van der Waals surface area (Å²) in [4.78, 5) is 9.48. The molecule has 0 saturated carbocycles. The van der Waals surface area contributed by atoms with Gasteiger partial charge in [-0.2, -0.15) is 0 Å². The molecule has 0 spiro atoms. The Hall–Kier alpha value is -1.23. The summed E-state index contributed by atoms with van der Waals surface area (Å²) in [6.45, 7) is 5.60. The summed E-state index contributed by atoms with van der Waals surface area (Å²) < 4.78 is 0. The van der Waals surface area contributed by atoms with Crippen molar-refractivity contribution in [2.75, 3.05) is 13.6 Å². The Morgan fingerprint density at radius 3 is 2.63 bits per heavy atom. The van der Waals surface area contributed by atoms with Crippen LogP contribution in [-0.4, -0.2) is 23.5 Å². The van der Waals surface area contributed by atoms with E-state index in [2.05, 4.69) is 48.1 Å². The highest BCUT2D eigenvalue weighted by Crippen LogP contribution is 2.26. The van der Waals surface area contributed by atoms with Crippen LogP contribution in [0.15, 0.2) is 30.3 Å². The molecule has 0 radical (unpaired) electrons. The van der Waals surface area contributed by atoms with Crippen LogP contribution in [0.3, 0.4) is 0 Å². The summed E-state index contributed by atoms with van der Waals surface area (Å²) in [7, 11) is 2.11. The molecule has 0 amide bonds. The molecule has 4 heteroatoms. The van der Waals surface area contributed by atoms with Gasteiger partial charge in [0.2, 0.25) is 0 Å². The Kier molecular flexibility index (Phi) is 4.69. The van der Waals surface area contributed by atoms with Crippen LogP contribution in [0, 0.1) is 13.8 Å². The molecule has 2 aromatic rings. The van der Waals surface area contributed by atoms with Gasteiger partial charge in [-0.1, -0.05) is 6.07 Å². The highest BCUT2D eigenvalue weighted by molar-refractivity contribution is 7.12. The molecule has 0 aliphatic heterocycles. The van der Waals surface area contributed by atoms with Gasteiger partial charge in [-0.15, -0.1) is 11.3 Å². The Bertz CT molecular complexity index is 536. The van der Waals surface area contributed by atoms with Crippen molar-refractivity contribution in [1.82, 2.24) is 9.88 Å². The van der Waals surface area contributed by atoms with Gasteiger partial charge in [-0.05, 0) is 45.2 Å². The summed E-state index contributed by atoms with van der Waals surface area (Å²) in [5.74, 6) is 0. The van der Waals surface area contributed by atoms with Gasteiger partial charge >= 0.3 is 0 Å². The summed E-state index contributed by atoms with van der Waals surface area (Å²) in [6.07, 6.45) is 0. The number of rotatable bonds is 5. The molecule has 0 saturated heterocycles. The number of aromatic nitrogens is 1. The van der Waals surface area contributed by atoms with E-state index in [1.807, 2.05) is 24.3 Å². The second-order valence-corrected chi connectivity index (χ2v) is 6.20. The fourth-order valence-electron chi connectivity index (χ4n) is 2.20. The highest BCUT2D eigenvalue weighted by atomic mass is 32.1. The topological polar surface area (TPSA) is 42.1 Å². The van der Waals surface area contributed by atoms with Crippen LogP contribution in [0.1, 0.15) is 27.2 Å². The smallest absolute Gasteiger partial charge is 0.0565 e. The molecular weight excluding hydrogens is 254 g/mol. The standard InChI is InChI=1S/C15H21N3S/c1-11-5-4-6-13(17-11)10-18(3)14(9-16)15-8-7-12(2)19-15/h4-8,14H,9-10,16H2,1-3H3. The maximum atomic E-state index is 5.94. The van der Waals surface area contributed by atoms with Crippen LogP contribution in [0.25, 0.3) is 0 Å². The van der Waals surface area contributed by atoms with Gasteiger partial charge in [0, 0.05) is 28.5 Å². The van der Waals surface area contributed by atoms with E-state index in [1.54, 1.807) is 0 Å². The van der Waals surface area contributed by atoms with Crippen molar-refractivity contribution in [3.63, 3.8) is 0 Å². The fourth-order valence-corrected chi connectivity index (χ4v) is 3.26. The molecule has 2 aromatic heterocycles. The van der Waals surface area contributed by atoms with E-state index in [0.717, 1.165) is 17.9 Å². The lowest BCUT2D eigenvalue weighted by Crippen LogP contribution is -2.29. The molecule has 19 heavy (non-hydrogen) atoms. The zero-order valence-electron chi connectivity index (χ0n) is 11.8. The minimum atomic E-state index is 0.265. The van der Waals surface area contributed by atoms with Crippen LogP contribution in [0.5, 0.6) is 0 Å². The first-order valence-electron chi connectivity index (χ1n) is 6.49. The first-order valence-corrected chi connectivity index (χ1v) is 7.31. The van der Waals surface area contributed by atoms with Crippen LogP contribution in [0.2, 0.25) is 0 Å².